The molecule has 1 fully saturated rings. The summed E-state index contributed by atoms with van der Waals surface area (Å²) in [5.41, 5.74) is 0. The molecule has 3 nitrogen and oxygen atoms in total. The van der Waals surface area contributed by atoms with E-state index in [1.807, 2.05) is 0 Å². The number of aliphatic hydroxyl groups is 2. The van der Waals surface area contributed by atoms with Gasteiger partial charge in [0.1, 0.15) is 0 Å². The molecule has 1 saturated heterocycles. The highest BCUT2D eigenvalue weighted by atomic mass is 16.3. The van der Waals surface area contributed by atoms with E-state index in [0.717, 1.165) is 13.0 Å². The summed E-state index contributed by atoms with van der Waals surface area (Å²) in [5.74, 6) is 0.655. The van der Waals surface area contributed by atoms with E-state index < -0.39 is 12.2 Å². The lowest BCUT2D eigenvalue weighted by Crippen LogP contribution is -2.27. The third kappa shape index (κ3) is 2.44. The maximum atomic E-state index is 9.26. The zero-order valence-electron chi connectivity index (χ0n) is 7.90. The van der Waals surface area contributed by atoms with Crippen LogP contribution in [0.3, 0.4) is 0 Å². The zero-order valence-corrected chi connectivity index (χ0v) is 7.90. The molecule has 0 radical (unpaired) electrons. The lowest BCUT2D eigenvalue weighted by Gasteiger charge is -2.18. The van der Waals surface area contributed by atoms with Gasteiger partial charge in [-0.25, -0.2) is 0 Å². The molecule has 1 rings (SSSR count). The normalized spacial score (nSPS) is 34.0. The maximum Gasteiger partial charge on any atom is 0.0938 e. The SMILES string of the molecule is CCC(C)CN1CC(O)C(O)C1. The standard InChI is InChI=1S/C9H19NO2/c1-3-7(2)4-10-5-8(11)9(12)6-10/h7-9,11-12H,3-6H2,1-2H3. The molecule has 0 spiro atoms. The third-order valence-electron chi connectivity index (χ3n) is 2.60. The van der Waals surface area contributed by atoms with E-state index in [1.165, 1.54) is 0 Å². The van der Waals surface area contributed by atoms with Crippen molar-refractivity contribution in [2.45, 2.75) is 32.5 Å². The van der Waals surface area contributed by atoms with Crippen molar-refractivity contribution < 1.29 is 10.2 Å². The molecular formula is C9H19NO2. The Morgan fingerprint density at radius 2 is 1.83 bits per heavy atom. The molecule has 1 aliphatic heterocycles. The van der Waals surface area contributed by atoms with Crippen LogP contribution in [0, 0.1) is 5.92 Å². The van der Waals surface area contributed by atoms with Crippen LogP contribution in [-0.2, 0) is 0 Å². The molecule has 72 valence electrons. The Hall–Kier alpha value is -0.120. The summed E-state index contributed by atoms with van der Waals surface area (Å²) >= 11 is 0. The summed E-state index contributed by atoms with van der Waals surface area (Å²) in [4.78, 5) is 2.13. The van der Waals surface area contributed by atoms with Gasteiger partial charge in [-0.15, -0.1) is 0 Å². The van der Waals surface area contributed by atoms with Gasteiger partial charge in [0.15, 0.2) is 0 Å². The molecule has 0 aliphatic carbocycles. The van der Waals surface area contributed by atoms with Gasteiger partial charge in [-0.1, -0.05) is 20.3 Å². The van der Waals surface area contributed by atoms with Crippen molar-refractivity contribution in [2.24, 2.45) is 5.92 Å². The second kappa shape index (κ2) is 4.21. The van der Waals surface area contributed by atoms with Crippen LogP contribution in [0.15, 0.2) is 0 Å². The van der Waals surface area contributed by atoms with Gasteiger partial charge in [-0.3, -0.25) is 4.90 Å². The highest BCUT2D eigenvalue weighted by Crippen LogP contribution is 2.13. The Morgan fingerprint density at radius 1 is 1.33 bits per heavy atom. The lowest BCUT2D eigenvalue weighted by atomic mass is 10.1. The number of aliphatic hydroxyl groups excluding tert-OH is 2. The first-order chi connectivity index (χ1) is 5.63. The molecule has 2 N–H and O–H groups in total. The Balaban J connectivity index is 2.27. The van der Waals surface area contributed by atoms with Crippen LogP contribution in [0.2, 0.25) is 0 Å². The fourth-order valence-electron chi connectivity index (χ4n) is 1.57. The molecule has 0 aromatic carbocycles. The average molecular weight is 173 g/mol. The van der Waals surface area contributed by atoms with Crippen molar-refractivity contribution in [3.63, 3.8) is 0 Å². The number of hydrogen-bond acceptors (Lipinski definition) is 3. The first kappa shape index (κ1) is 9.96. The molecule has 12 heavy (non-hydrogen) atoms. The Labute approximate surface area is 74.0 Å². The monoisotopic (exact) mass is 173 g/mol. The summed E-state index contributed by atoms with van der Waals surface area (Å²) in [6.07, 6.45) is 0.0889. The average Bonchev–Trinajstić information content (AvgIpc) is 2.31. The van der Waals surface area contributed by atoms with Crippen molar-refractivity contribution >= 4 is 0 Å². The number of hydrogen-bond donors (Lipinski definition) is 2. The van der Waals surface area contributed by atoms with Crippen LogP contribution in [0.5, 0.6) is 0 Å². The predicted molar refractivity (Wildman–Crippen MR) is 47.9 cm³/mol. The smallest absolute Gasteiger partial charge is 0.0938 e. The Kier molecular flexibility index (Phi) is 3.50. The van der Waals surface area contributed by atoms with E-state index in [1.54, 1.807) is 0 Å². The first-order valence-corrected chi connectivity index (χ1v) is 4.72. The Morgan fingerprint density at radius 3 is 2.25 bits per heavy atom. The van der Waals surface area contributed by atoms with Crippen LogP contribution < -0.4 is 0 Å². The van der Waals surface area contributed by atoms with Gasteiger partial charge in [-0.2, -0.15) is 0 Å². The number of β-amino-alcohol motifs (C(OH)–C–C–N with tert-alkyl or cyclic N) is 2. The van der Waals surface area contributed by atoms with E-state index in [4.69, 9.17) is 0 Å². The van der Waals surface area contributed by atoms with Crippen molar-refractivity contribution in [2.75, 3.05) is 19.6 Å². The van der Waals surface area contributed by atoms with Gasteiger partial charge >= 0.3 is 0 Å². The minimum atomic E-state index is -0.533. The fraction of sp³-hybridized carbons (Fsp3) is 1.00. The van der Waals surface area contributed by atoms with Gasteiger partial charge in [0.2, 0.25) is 0 Å². The van der Waals surface area contributed by atoms with Crippen LogP contribution in [0.1, 0.15) is 20.3 Å². The van der Waals surface area contributed by atoms with Crippen LogP contribution in [0.4, 0.5) is 0 Å². The molecule has 0 saturated carbocycles. The molecule has 1 heterocycles. The highest BCUT2D eigenvalue weighted by Gasteiger charge is 2.29. The van der Waals surface area contributed by atoms with Gasteiger partial charge in [0, 0.05) is 19.6 Å². The molecule has 0 aromatic rings. The van der Waals surface area contributed by atoms with E-state index in [-0.39, 0.29) is 0 Å². The van der Waals surface area contributed by atoms with E-state index >= 15 is 0 Å². The quantitative estimate of drug-likeness (QED) is 0.635. The number of rotatable bonds is 3. The molecule has 0 aromatic heterocycles. The summed E-state index contributed by atoms with van der Waals surface area (Å²) < 4.78 is 0. The summed E-state index contributed by atoms with van der Waals surface area (Å²) in [6.45, 7) is 6.60. The number of nitrogens with zero attached hydrogens (tertiary/aromatic N) is 1. The topological polar surface area (TPSA) is 43.7 Å². The summed E-state index contributed by atoms with van der Waals surface area (Å²) in [7, 11) is 0. The molecule has 1 aliphatic rings. The second-order valence-electron chi connectivity index (χ2n) is 3.87. The molecule has 0 amide bonds. The van der Waals surface area contributed by atoms with Crippen LogP contribution >= 0.6 is 0 Å². The molecular weight excluding hydrogens is 154 g/mol. The zero-order chi connectivity index (χ0) is 9.14. The molecule has 3 atom stereocenters. The molecule has 3 unspecified atom stereocenters. The minimum absolute atomic E-state index is 0.533. The van der Waals surface area contributed by atoms with Crippen molar-refractivity contribution in [1.82, 2.24) is 4.90 Å². The van der Waals surface area contributed by atoms with E-state index in [0.29, 0.717) is 19.0 Å². The minimum Gasteiger partial charge on any atom is -0.389 e. The van der Waals surface area contributed by atoms with Crippen molar-refractivity contribution in [3.05, 3.63) is 0 Å². The predicted octanol–water partition coefficient (Wildman–Crippen LogP) is 0.0699. The lowest BCUT2D eigenvalue weighted by molar-refractivity contribution is 0.0572. The number of likely N-dealkylation sites (tertiary alicyclic amines) is 1. The van der Waals surface area contributed by atoms with Crippen LogP contribution in [-0.4, -0.2) is 47.0 Å². The highest BCUT2D eigenvalue weighted by molar-refractivity contribution is 4.83. The summed E-state index contributed by atoms with van der Waals surface area (Å²) in [5, 5.41) is 18.5. The van der Waals surface area contributed by atoms with Crippen molar-refractivity contribution in [1.29, 1.82) is 0 Å². The maximum absolute atomic E-state index is 9.26. The van der Waals surface area contributed by atoms with E-state index in [9.17, 15) is 10.2 Å². The summed E-state index contributed by atoms with van der Waals surface area (Å²) in [6, 6.07) is 0. The second-order valence-corrected chi connectivity index (χ2v) is 3.87. The molecule has 3 heteroatoms. The van der Waals surface area contributed by atoms with Gasteiger partial charge in [-0.05, 0) is 5.92 Å². The van der Waals surface area contributed by atoms with Crippen molar-refractivity contribution in [3.8, 4) is 0 Å². The van der Waals surface area contributed by atoms with Gasteiger partial charge < -0.3 is 10.2 Å². The Bertz CT molecular complexity index is 130. The largest absolute Gasteiger partial charge is 0.389 e. The van der Waals surface area contributed by atoms with E-state index in [2.05, 4.69) is 18.7 Å². The van der Waals surface area contributed by atoms with Crippen LogP contribution in [0.25, 0.3) is 0 Å². The van der Waals surface area contributed by atoms with Gasteiger partial charge in [0.05, 0.1) is 12.2 Å². The fourth-order valence-corrected chi connectivity index (χ4v) is 1.57. The first-order valence-electron chi connectivity index (χ1n) is 4.72. The van der Waals surface area contributed by atoms with Gasteiger partial charge in [0.25, 0.3) is 0 Å². The third-order valence-corrected chi connectivity index (χ3v) is 2.60. The molecule has 0 bridgehead atoms.